The fourth-order valence-electron chi connectivity index (χ4n) is 1.77. The van der Waals surface area contributed by atoms with Crippen molar-refractivity contribution in [2.75, 3.05) is 26.2 Å². The van der Waals surface area contributed by atoms with Crippen LogP contribution in [0.3, 0.4) is 0 Å². The third kappa shape index (κ3) is 8.42. The highest BCUT2D eigenvalue weighted by atomic mass is 16.4. The van der Waals surface area contributed by atoms with Gasteiger partial charge in [0.05, 0.1) is 0 Å². The normalized spacial score (nSPS) is 12.5. The van der Waals surface area contributed by atoms with Gasteiger partial charge in [0.15, 0.2) is 0 Å². The number of rotatable bonds is 9. The summed E-state index contributed by atoms with van der Waals surface area (Å²) in [6.45, 7) is 11.1. The van der Waals surface area contributed by atoms with Crippen molar-refractivity contribution < 1.29 is 14.7 Å². The van der Waals surface area contributed by atoms with Crippen LogP contribution < -0.4 is 10.6 Å². The van der Waals surface area contributed by atoms with Crippen LogP contribution in [0.15, 0.2) is 0 Å². The highest BCUT2D eigenvalue weighted by Gasteiger charge is 2.20. The van der Waals surface area contributed by atoms with E-state index >= 15 is 0 Å². The van der Waals surface area contributed by atoms with Crippen LogP contribution in [0.2, 0.25) is 0 Å². The molecule has 3 N–H and O–H groups in total. The lowest BCUT2D eigenvalue weighted by molar-refractivity contribution is -0.139. The van der Waals surface area contributed by atoms with Crippen molar-refractivity contribution in [3.8, 4) is 0 Å². The van der Waals surface area contributed by atoms with Gasteiger partial charge in [0.1, 0.15) is 6.04 Å². The lowest BCUT2D eigenvalue weighted by Gasteiger charge is -2.20. The maximum atomic E-state index is 11.6. The molecule has 0 heterocycles. The Balaban J connectivity index is 4.03. The first-order chi connectivity index (χ1) is 8.90. The predicted molar refractivity (Wildman–Crippen MR) is 75.2 cm³/mol. The van der Waals surface area contributed by atoms with Gasteiger partial charge >= 0.3 is 12.0 Å². The Morgan fingerprint density at radius 3 is 2.21 bits per heavy atom. The second-order valence-electron chi connectivity index (χ2n) is 4.95. The summed E-state index contributed by atoms with van der Waals surface area (Å²) >= 11 is 0. The van der Waals surface area contributed by atoms with E-state index in [2.05, 4.69) is 29.4 Å². The average molecular weight is 273 g/mol. The largest absolute Gasteiger partial charge is 0.480 e. The highest BCUT2D eigenvalue weighted by molar-refractivity contribution is 5.82. The van der Waals surface area contributed by atoms with Gasteiger partial charge in [-0.15, -0.1) is 0 Å². The zero-order valence-corrected chi connectivity index (χ0v) is 12.4. The van der Waals surface area contributed by atoms with Crippen LogP contribution in [-0.2, 0) is 4.79 Å². The Bertz CT molecular complexity index is 278. The van der Waals surface area contributed by atoms with Crippen molar-refractivity contribution in [2.45, 2.75) is 40.2 Å². The van der Waals surface area contributed by atoms with E-state index in [0.717, 1.165) is 19.6 Å². The first-order valence-corrected chi connectivity index (χ1v) is 6.90. The Morgan fingerprint density at radius 1 is 1.21 bits per heavy atom. The molecule has 0 spiro atoms. The second-order valence-corrected chi connectivity index (χ2v) is 4.95. The molecule has 0 aliphatic carbocycles. The fraction of sp³-hybridized carbons (Fsp3) is 0.846. The molecule has 112 valence electrons. The standard InChI is InChI=1S/C13H27N3O3/c1-5-16(6-2)8-7-14-13(19)15-11(12(17)18)9-10(3)4/h10-11H,5-9H2,1-4H3,(H,17,18)(H2,14,15,19)/t11-/m0/s1. The summed E-state index contributed by atoms with van der Waals surface area (Å²) in [5, 5.41) is 14.2. The first kappa shape index (κ1) is 17.7. The van der Waals surface area contributed by atoms with Crippen molar-refractivity contribution in [3.63, 3.8) is 0 Å². The molecule has 0 aromatic rings. The first-order valence-electron chi connectivity index (χ1n) is 6.90. The predicted octanol–water partition coefficient (Wildman–Crippen LogP) is 1.13. The Labute approximate surface area is 115 Å². The number of carboxylic acids is 1. The zero-order chi connectivity index (χ0) is 14.8. The summed E-state index contributed by atoms with van der Waals surface area (Å²) in [4.78, 5) is 24.8. The van der Waals surface area contributed by atoms with Crippen LogP contribution in [-0.4, -0.2) is 54.2 Å². The van der Waals surface area contributed by atoms with Gasteiger partial charge in [0.25, 0.3) is 0 Å². The SMILES string of the molecule is CCN(CC)CCNC(=O)N[C@@H](CC(C)C)C(=O)O. The molecule has 0 aromatic heterocycles. The molecule has 0 rings (SSSR count). The molecule has 0 saturated carbocycles. The number of nitrogens with zero attached hydrogens (tertiary/aromatic N) is 1. The molecule has 6 nitrogen and oxygen atoms in total. The number of carbonyl (C=O) groups excluding carboxylic acids is 1. The maximum absolute atomic E-state index is 11.6. The number of likely N-dealkylation sites (N-methyl/N-ethyl adjacent to an activating group) is 1. The minimum absolute atomic E-state index is 0.220. The molecule has 0 aliphatic heterocycles. The summed E-state index contributed by atoms with van der Waals surface area (Å²) < 4.78 is 0. The van der Waals surface area contributed by atoms with Crippen LogP contribution in [0.4, 0.5) is 4.79 Å². The van der Waals surface area contributed by atoms with Crippen molar-refractivity contribution in [1.29, 1.82) is 0 Å². The number of carbonyl (C=O) groups is 2. The van der Waals surface area contributed by atoms with Gasteiger partial charge in [0.2, 0.25) is 0 Å². The van der Waals surface area contributed by atoms with Crippen LogP contribution in [0.25, 0.3) is 0 Å². The molecule has 0 aliphatic rings. The second kappa shape index (κ2) is 9.61. The van der Waals surface area contributed by atoms with Crippen LogP contribution in [0.1, 0.15) is 34.1 Å². The topological polar surface area (TPSA) is 81.7 Å². The van der Waals surface area contributed by atoms with Crippen LogP contribution in [0, 0.1) is 5.92 Å². The summed E-state index contributed by atoms with van der Waals surface area (Å²) in [6, 6.07) is -1.24. The number of nitrogens with one attached hydrogen (secondary N) is 2. The third-order valence-electron chi connectivity index (χ3n) is 2.92. The summed E-state index contributed by atoms with van der Waals surface area (Å²) in [5.41, 5.74) is 0. The quantitative estimate of drug-likeness (QED) is 0.588. The number of urea groups is 1. The molecule has 0 saturated heterocycles. The number of amides is 2. The Hall–Kier alpha value is -1.30. The molecular formula is C13H27N3O3. The van der Waals surface area contributed by atoms with Gasteiger partial charge in [-0.05, 0) is 25.4 Å². The molecule has 0 aromatic carbocycles. The Kier molecular flexibility index (Phi) is 8.95. The van der Waals surface area contributed by atoms with Gasteiger partial charge in [-0.3, -0.25) is 0 Å². The van der Waals surface area contributed by atoms with Crippen LogP contribution in [0.5, 0.6) is 0 Å². The van der Waals surface area contributed by atoms with Crippen LogP contribution >= 0.6 is 0 Å². The maximum Gasteiger partial charge on any atom is 0.326 e. The summed E-state index contributed by atoms with van der Waals surface area (Å²) in [7, 11) is 0. The molecule has 2 amide bonds. The van der Waals surface area contributed by atoms with E-state index in [1.807, 2.05) is 13.8 Å². The average Bonchev–Trinajstić information content (AvgIpc) is 2.33. The molecular weight excluding hydrogens is 246 g/mol. The highest BCUT2D eigenvalue weighted by Crippen LogP contribution is 2.04. The van der Waals surface area contributed by atoms with Crippen molar-refractivity contribution in [3.05, 3.63) is 0 Å². The summed E-state index contributed by atoms with van der Waals surface area (Å²) in [5.74, 6) is -0.773. The molecule has 6 heteroatoms. The van der Waals surface area contributed by atoms with E-state index in [-0.39, 0.29) is 5.92 Å². The molecule has 0 bridgehead atoms. The summed E-state index contributed by atoms with van der Waals surface area (Å²) in [6.07, 6.45) is 0.429. The van der Waals surface area contributed by atoms with Gasteiger partial charge < -0.3 is 20.6 Å². The van der Waals surface area contributed by atoms with E-state index in [1.54, 1.807) is 0 Å². The van der Waals surface area contributed by atoms with Crippen molar-refractivity contribution in [2.24, 2.45) is 5.92 Å². The van der Waals surface area contributed by atoms with Crippen molar-refractivity contribution in [1.82, 2.24) is 15.5 Å². The van der Waals surface area contributed by atoms with Gasteiger partial charge in [0, 0.05) is 13.1 Å². The smallest absolute Gasteiger partial charge is 0.326 e. The number of carboxylic acid groups (broad SMARTS) is 1. The molecule has 0 radical (unpaired) electrons. The van der Waals surface area contributed by atoms with E-state index in [4.69, 9.17) is 5.11 Å². The number of hydrogen-bond acceptors (Lipinski definition) is 3. The minimum atomic E-state index is -0.993. The third-order valence-corrected chi connectivity index (χ3v) is 2.92. The number of hydrogen-bond donors (Lipinski definition) is 3. The fourth-order valence-corrected chi connectivity index (χ4v) is 1.77. The lowest BCUT2D eigenvalue weighted by Crippen LogP contribution is -2.48. The molecule has 19 heavy (non-hydrogen) atoms. The minimum Gasteiger partial charge on any atom is -0.480 e. The lowest BCUT2D eigenvalue weighted by atomic mass is 10.0. The monoisotopic (exact) mass is 273 g/mol. The van der Waals surface area contributed by atoms with Gasteiger partial charge in [-0.1, -0.05) is 27.7 Å². The van der Waals surface area contributed by atoms with Gasteiger partial charge in [-0.25, -0.2) is 9.59 Å². The molecule has 0 unspecified atom stereocenters. The molecule has 1 atom stereocenters. The van der Waals surface area contributed by atoms with Gasteiger partial charge in [-0.2, -0.15) is 0 Å². The van der Waals surface area contributed by atoms with E-state index < -0.39 is 18.0 Å². The number of aliphatic carboxylic acids is 1. The van der Waals surface area contributed by atoms with Crippen molar-refractivity contribution >= 4 is 12.0 Å². The van der Waals surface area contributed by atoms with E-state index in [9.17, 15) is 9.59 Å². The van der Waals surface area contributed by atoms with E-state index in [0.29, 0.717) is 13.0 Å². The Morgan fingerprint density at radius 2 is 1.79 bits per heavy atom. The molecule has 0 fully saturated rings. The zero-order valence-electron chi connectivity index (χ0n) is 12.4. The van der Waals surface area contributed by atoms with E-state index in [1.165, 1.54) is 0 Å².